The summed E-state index contributed by atoms with van der Waals surface area (Å²) in [7, 11) is 0. The number of aromatic nitrogens is 5. The zero-order valence-corrected chi connectivity index (χ0v) is 38.3. The van der Waals surface area contributed by atoms with Crippen LogP contribution in [-0.4, -0.2) is 24.1 Å². The van der Waals surface area contributed by atoms with Gasteiger partial charge in [0.2, 0.25) is 5.95 Å². The molecule has 12 aromatic rings. The molecule has 0 radical (unpaired) electrons. The van der Waals surface area contributed by atoms with Crippen molar-refractivity contribution in [2.24, 2.45) is 0 Å². The molecule has 0 spiro atoms. The van der Waals surface area contributed by atoms with E-state index in [-0.39, 0.29) is 10.8 Å². The van der Waals surface area contributed by atoms with Crippen molar-refractivity contribution in [3.63, 3.8) is 0 Å². The van der Waals surface area contributed by atoms with Gasteiger partial charge < -0.3 is 4.57 Å². The predicted octanol–water partition coefficient (Wildman–Crippen LogP) is 15.7. The molecule has 68 heavy (non-hydrogen) atoms. The van der Waals surface area contributed by atoms with Crippen molar-refractivity contribution in [3.8, 4) is 67.8 Å². The normalized spacial score (nSPS) is 14.1. The highest BCUT2D eigenvalue weighted by atomic mass is 15.2. The summed E-state index contributed by atoms with van der Waals surface area (Å²) in [6.45, 7) is 9.53. The van der Waals surface area contributed by atoms with Crippen LogP contribution in [0.5, 0.6) is 0 Å². The molecule has 322 valence electrons. The van der Waals surface area contributed by atoms with Crippen LogP contribution in [0, 0.1) is 0 Å². The van der Waals surface area contributed by atoms with Gasteiger partial charge in [-0.25, -0.2) is 4.98 Å². The molecule has 3 heterocycles. The molecule has 0 bridgehead atoms. The third-order valence-electron chi connectivity index (χ3n) is 15.1. The summed E-state index contributed by atoms with van der Waals surface area (Å²) in [5.74, 6) is 1.88. The van der Waals surface area contributed by atoms with Gasteiger partial charge in [-0.1, -0.05) is 173 Å². The Morgan fingerprint density at radius 3 is 1.57 bits per heavy atom. The van der Waals surface area contributed by atoms with Gasteiger partial charge in [0.15, 0.2) is 11.6 Å². The smallest absolute Gasteiger partial charge is 0.238 e. The van der Waals surface area contributed by atoms with E-state index < -0.39 is 0 Å². The molecular formula is C63H45N5. The van der Waals surface area contributed by atoms with Gasteiger partial charge in [-0.05, 0) is 110 Å². The zero-order chi connectivity index (χ0) is 45.5. The molecule has 5 heteroatoms. The topological polar surface area (TPSA) is 48.5 Å². The van der Waals surface area contributed by atoms with E-state index in [1.807, 2.05) is 36.4 Å². The highest BCUT2D eigenvalue weighted by molar-refractivity contribution is 6.14. The molecule has 14 rings (SSSR count). The van der Waals surface area contributed by atoms with Gasteiger partial charge >= 0.3 is 0 Å². The third kappa shape index (κ3) is 5.41. The quantitative estimate of drug-likeness (QED) is 0.173. The second kappa shape index (κ2) is 14.1. The molecule has 3 aromatic heterocycles. The second-order valence-electron chi connectivity index (χ2n) is 19.6. The summed E-state index contributed by atoms with van der Waals surface area (Å²) in [6, 6.07) is 72.7. The summed E-state index contributed by atoms with van der Waals surface area (Å²) in [5.41, 5.74) is 20.3. The largest absolute Gasteiger partial charge is 0.309 e. The van der Waals surface area contributed by atoms with Crippen molar-refractivity contribution in [2.45, 2.75) is 38.5 Å². The van der Waals surface area contributed by atoms with E-state index in [2.05, 4.69) is 201 Å². The summed E-state index contributed by atoms with van der Waals surface area (Å²) >= 11 is 0. The van der Waals surface area contributed by atoms with Gasteiger partial charge in [-0.3, -0.25) is 4.57 Å². The van der Waals surface area contributed by atoms with Crippen LogP contribution in [0.4, 0.5) is 0 Å². The number of nitrogens with zero attached hydrogens (tertiary/aromatic N) is 5. The van der Waals surface area contributed by atoms with E-state index in [1.54, 1.807) is 0 Å². The number of hydrogen-bond donors (Lipinski definition) is 0. The average Bonchev–Trinajstić information content (AvgIpc) is 4.03. The Bertz CT molecular complexity index is 4010. The van der Waals surface area contributed by atoms with Crippen molar-refractivity contribution in [2.75, 3.05) is 0 Å². The molecule has 0 amide bonds. The van der Waals surface area contributed by atoms with E-state index in [0.717, 1.165) is 27.5 Å². The SMILES string of the molecule is CC1(C)c2ccccc2-c2cc3c4cc(-c5cccc6c5C(C)(C)c5cc7c(cc5-6)c5ccccc5n7-c5nc(-c6ccccc6)nc(-c6ccccc6)n5)ccc4n(-c4ccccc4)c3cc21. The lowest BCUT2D eigenvalue weighted by Gasteiger charge is -2.25. The van der Waals surface area contributed by atoms with E-state index in [0.29, 0.717) is 17.6 Å². The van der Waals surface area contributed by atoms with Crippen LogP contribution in [0.2, 0.25) is 0 Å². The molecule has 0 atom stereocenters. The highest BCUT2D eigenvalue weighted by Gasteiger charge is 2.39. The van der Waals surface area contributed by atoms with Crippen molar-refractivity contribution in [3.05, 3.63) is 222 Å². The van der Waals surface area contributed by atoms with Gasteiger partial charge in [0.1, 0.15) is 0 Å². The standard InChI is InChI=1S/C63H45N5/c1-62(2)51-29-16-14-25-43(51)46-34-50-48-33-40(31-32-55(48)67(56(50)36-52(46)62)41-23-12-7-13-24-41)42-27-18-28-45-47-35-49-44-26-15-17-30-54(44)68(57(49)37-53(47)63(3,4)58(42)45)61-65-59(38-19-8-5-9-20-38)64-60(66-61)39-21-10-6-11-22-39/h5-37H,1-4H3. The van der Waals surface area contributed by atoms with Gasteiger partial charge in [-0.2, -0.15) is 9.97 Å². The molecule has 9 aromatic carbocycles. The highest BCUT2D eigenvalue weighted by Crippen LogP contribution is 2.55. The summed E-state index contributed by atoms with van der Waals surface area (Å²) in [4.78, 5) is 15.5. The van der Waals surface area contributed by atoms with E-state index >= 15 is 0 Å². The first-order chi connectivity index (χ1) is 33.2. The van der Waals surface area contributed by atoms with Crippen LogP contribution in [0.15, 0.2) is 200 Å². The molecule has 0 saturated heterocycles. The van der Waals surface area contributed by atoms with Crippen LogP contribution < -0.4 is 0 Å². The first-order valence-corrected chi connectivity index (χ1v) is 23.6. The molecule has 0 unspecified atom stereocenters. The van der Waals surface area contributed by atoms with E-state index in [4.69, 9.17) is 15.0 Å². The van der Waals surface area contributed by atoms with Gasteiger partial charge in [0, 0.05) is 49.2 Å². The van der Waals surface area contributed by atoms with Crippen LogP contribution in [0.25, 0.3) is 111 Å². The maximum Gasteiger partial charge on any atom is 0.238 e. The van der Waals surface area contributed by atoms with Crippen LogP contribution >= 0.6 is 0 Å². The molecule has 0 N–H and O–H groups in total. The van der Waals surface area contributed by atoms with Crippen molar-refractivity contribution in [1.29, 1.82) is 0 Å². The lowest BCUT2D eigenvalue weighted by atomic mass is 9.78. The van der Waals surface area contributed by atoms with Gasteiger partial charge in [-0.15, -0.1) is 0 Å². The monoisotopic (exact) mass is 871 g/mol. The van der Waals surface area contributed by atoms with Crippen LogP contribution in [0.1, 0.15) is 49.9 Å². The Labute approximate surface area is 394 Å². The first-order valence-electron chi connectivity index (χ1n) is 23.6. The fraction of sp³-hybridized carbons (Fsp3) is 0.0952. The molecule has 0 aliphatic heterocycles. The second-order valence-corrected chi connectivity index (χ2v) is 19.6. The van der Waals surface area contributed by atoms with Crippen molar-refractivity contribution >= 4 is 43.6 Å². The Morgan fingerprint density at radius 1 is 0.324 bits per heavy atom. The van der Waals surface area contributed by atoms with Gasteiger partial charge in [0.25, 0.3) is 0 Å². The minimum absolute atomic E-state index is 0.102. The number of benzene rings is 9. The minimum atomic E-state index is -0.330. The van der Waals surface area contributed by atoms with E-state index in [1.165, 1.54) is 88.5 Å². The Balaban J connectivity index is 0.971. The lowest BCUT2D eigenvalue weighted by Crippen LogP contribution is -2.16. The Morgan fingerprint density at radius 2 is 0.853 bits per heavy atom. The van der Waals surface area contributed by atoms with E-state index in [9.17, 15) is 0 Å². The van der Waals surface area contributed by atoms with Crippen LogP contribution in [0.3, 0.4) is 0 Å². The van der Waals surface area contributed by atoms with Gasteiger partial charge in [0.05, 0.1) is 22.1 Å². The number of rotatable bonds is 5. The molecule has 2 aliphatic carbocycles. The minimum Gasteiger partial charge on any atom is -0.309 e. The predicted molar refractivity (Wildman–Crippen MR) is 280 cm³/mol. The fourth-order valence-corrected chi connectivity index (χ4v) is 11.9. The first kappa shape index (κ1) is 38.8. The molecule has 0 fully saturated rings. The maximum absolute atomic E-state index is 5.24. The summed E-state index contributed by atoms with van der Waals surface area (Å²) < 4.78 is 4.71. The third-order valence-corrected chi connectivity index (χ3v) is 15.1. The average molecular weight is 872 g/mol. The molecule has 2 aliphatic rings. The molecule has 0 saturated carbocycles. The zero-order valence-electron chi connectivity index (χ0n) is 38.3. The summed E-state index contributed by atoms with van der Waals surface area (Å²) in [5, 5.41) is 4.86. The lowest BCUT2D eigenvalue weighted by molar-refractivity contribution is 0.661. The van der Waals surface area contributed by atoms with Crippen LogP contribution in [-0.2, 0) is 10.8 Å². The number of fused-ring (bicyclic) bond motifs is 12. The van der Waals surface area contributed by atoms with Crippen molar-refractivity contribution in [1.82, 2.24) is 24.1 Å². The fourth-order valence-electron chi connectivity index (χ4n) is 11.9. The Hall–Kier alpha value is -8.41. The molecule has 5 nitrogen and oxygen atoms in total. The summed E-state index contributed by atoms with van der Waals surface area (Å²) in [6.07, 6.45) is 0. The molecular weight excluding hydrogens is 827 g/mol. The van der Waals surface area contributed by atoms with Crippen molar-refractivity contribution < 1.29 is 0 Å². The maximum atomic E-state index is 5.24. The Kier molecular flexibility index (Phi) is 8.02. The number of para-hydroxylation sites is 2. The number of hydrogen-bond acceptors (Lipinski definition) is 3.